The van der Waals surface area contributed by atoms with E-state index in [0.29, 0.717) is 10.6 Å². The third-order valence-corrected chi connectivity index (χ3v) is 5.18. The first kappa shape index (κ1) is 21.8. The summed E-state index contributed by atoms with van der Waals surface area (Å²) in [6.07, 6.45) is 2.91. The third kappa shape index (κ3) is 5.73. The minimum atomic E-state index is -0.852. The fourth-order valence-corrected chi connectivity index (χ4v) is 3.63. The number of esters is 1. The minimum Gasteiger partial charge on any atom is -0.473 e. The SMILES string of the molecule is CCCc1cc(CBr)cc(CCC)c1OC(C(=O)OC)c1cccc(Cl)c1. The molecule has 0 amide bonds. The summed E-state index contributed by atoms with van der Waals surface area (Å²) in [7, 11) is 1.37. The second-order valence-corrected chi connectivity index (χ2v) is 7.45. The maximum Gasteiger partial charge on any atom is 0.351 e. The van der Waals surface area contributed by atoms with Crippen molar-refractivity contribution >= 4 is 33.5 Å². The Kier molecular flexibility index (Phi) is 8.65. The average molecular weight is 454 g/mol. The zero-order valence-corrected chi connectivity index (χ0v) is 18.4. The van der Waals surface area contributed by atoms with Crippen LogP contribution in [0.1, 0.15) is 55.0 Å². The van der Waals surface area contributed by atoms with E-state index in [4.69, 9.17) is 21.1 Å². The number of alkyl halides is 1. The van der Waals surface area contributed by atoms with Crippen molar-refractivity contribution in [3.63, 3.8) is 0 Å². The smallest absolute Gasteiger partial charge is 0.351 e. The zero-order chi connectivity index (χ0) is 19.8. The lowest BCUT2D eigenvalue weighted by molar-refractivity contribution is -0.149. The highest BCUT2D eigenvalue weighted by Crippen LogP contribution is 2.34. The Morgan fingerprint density at radius 2 is 1.74 bits per heavy atom. The maximum atomic E-state index is 12.5. The summed E-state index contributed by atoms with van der Waals surface area (Å²) < 4.78 is 11.3. The molecule has 0 fully saturated rings. The molecule has 0 aliphatic rings. The monoisotopic (exact) mass is 452 g/mol. The van der Waals surface area contributed by atoms with E-state index in [9.17, 15) is 4.79 Å². The molecule has 3 nitrogen and oxygen atoms in total. The van der Waals surface area contributed by atoms with Crippen molar-refractivity contribution < 1.29 is 14.3 Å². The molecule has 146 valence electrons. The van der Waals surface area contributed by atoms with Crippen molar-refractivity contribution in [1.82, 2.24) is 0 Å². The van der Waals surface area contributed by atoms with Crippen LogP contribution >= 0.6 is 27.5 Å². The Morgan fingerprint density at radius 1 is 1.11 bits per heavy atom. The van der Waals surface area contributed by atoms with Crippen LogP contribution in [0, 0.1) is 0 Å². The van der Waals surface area contributed by atoms with E-state index in [1.54, 1.807) is 12.1 Å². The molecule has 2 aromatic rings. The first-order valence-electron chi connectivity index (χ1n) is 9.24. The van der Waals surface area contributed by atoms with E-state index in [2.05, 4.69) is 41.9 Å². The number of hydrogen-bond acceptors (Lipinski definition) is 3. The molecule has 0 bridgehead atoms. The van der Waals surface area contributed by atoms with E-state index in [-0.39, 0.29) is 0 Å². The molecule has 27 heavy (non-hydrogen) atoms. The van der Waals surface area contributed by atoms with Crippen molar-refractivity contribution in [3.05, 3.63) is 63.7 Å². The van der Waals surface area contributed by atoms with Crippen molar-refractivity contribution in [2.75, 3.05) is 7.11 Å². The Balaban J connectivity index is 2.53. The largest absolute Gasteiger partial charge is 0.473 e. The van der Waals surface area contributed by atoms with Gasteiger partial charge in [0.05, 0.1) is 7.11 Å². The molecule has 1 atom stereocenters. The number of hydrogen-bond donors (Lipinski definition) is 0. The second kappa shape index (κ2) is 10.7. The van der Waals surface area contributed by atoms with Gasteiger partial charge >= 0.3 is 5.97 Å². The average Bonchev–Trinajstić information content (AvgIpc) is 2.67. The standard InChI is InChI=1S/C22H26BrClO3/c1-4-7-16-11-15(14-23)12-17(8-5-2)20(16)27-21(22(25)26-3)18-9-6-10-19(24)13-18/h6,9-13,21H,4-5,7-8,14H2,1-3H3. The topological polar surface area (TPSA) is 35.5 Å². The van der Waals surface area contributed by atoms with Gasteiger partial charge in [0.25, 0.3) is 0 Å². The van der Waals surface area contributed by atoms with E-state index >= 15 is 0 Å². The molecule has 0 saturated heterocycles. The molecule has 2 aromatic carbocycles. The molecule has 0 spiro atoms. The van der Waals surface area contributed by atoms with Gasteiger partial charge in [0.2, 0.25) is 6.10 Å². The molecule has 0 heterocycles. The predicted molar refractivity (Wildman–Crippen MR) is 114 cm³/mol. The Bertz CT molecular complexity index is 749. The number of methoxy groups -OCH3 is 1. The molecule has 5 heteroatoms. The van der Waals surface area contributed by atoms with Crippen LogP contribution < -0.4 is 4.74 Å². The first-order valence-corrected chi connectivity index (χ1v) is 10.7. The number of ether oxygens (including phenoxy) is 2. The van der Waals surface area contributed by atoms with Gasteiger partial charge in [-0.25, -0.2) is 4.79 Å². The summed E-state index contributed by atoms with van der Waals surface area (Å²) in [6.45, 7) is 4.28. The predicted octanol–water partition coefficient (Wildman–Crippen LogP) is 6.43. The molecule has 0 N–H and O–H groups in total. The molecule has 0 aliphatic heterocycles. The summed E-state index contributed by atoms with van der Waals surface area (Å²) in [6, 6.07) is 11.5. The van der Waals surface area contributed by atoms with Crippen LogP contribution in [0.4, 0.5) is 0 Å². The molecule has 0 aliphatic carbocycles. The van der Waals surface area contributed by atoms with E-state index < -0.39 is 12.1 Å². The number of benzene rings is 2. The van der Waals surface area contributed by atoms with Gasteiger partial charge in [-0.1, -0.05) is 78.5 Å². The molecule has 0 aromatic heterocycles. The van der Waals surface area contributed by atoms with E-state index in [1.165, 1.54) is 12.7 Å². The molecule has 2 rings (SSSR count). The first-order chi connectivity index (χ1) is 13.0. The van der Waals surface area contributed by atoms with Crippen LogP contribution in [-0.2, 0) is 27.7 Å². The van der Waals surface area contributed by atoms with Crippen molar-refractivity contribution in [2.24, 2.45) is 0 Å². The van der Waals surface area contributed by atoms with Gasteiger partial charge in [0.1, 0.15) is 5.75 Å². The van der Waals surface area contributed by atoms with Crippen molar-refractivity contribution in [3.8, 4) is 5.75 Å². The van der Waals surface area contributed by atoms with Gasteiger partial charge in [-0.05, 0) is 41.7 Å². The number of carbonyl (C=O) groups is 1. The highest BCUT2D eigenvalue weighted by Gasteiger charge is 2.26. The van der Waals surface area contributed by atoms with Gasteiger partial charge < -0.3 is 9.47 Å². The molecule has 0 saturated carbocycles. The molecule has 1 unspecified atom stereocenters. The van der Waals surface area contributed by atoms with Gasteiger partial charge in [-0.2, -0.15) is 0 Å². The summed E-state index contributed by atoms with van der Waals surface area (Å²) >= 11 is 9.68. The molecular weight excluding hydrogens is 428 g/mol. The summed E-state index contributed by atoms with van der Waals surface area (Å²) in [5, 5.41) is 1.34. The maximum absolute atomic E-state index is 12.5. The fourth-order valence-electron chi connectivity index (χ4n) is 3.11. The highest BCUT2D eigenvalue weighted by atomic mass is 79.9. The van der Waals surface area contributed by atoms with E-state index in [1.807, 2.05) is 12.1 Å². The van der Waals surface area contributed by atoms with Crippen molar-refractivity contribution in [1.29, 1.82) is 0 Å². The third-order valence-electron chi connectivity index (χ3n) is 4.30. The Hall–Kier alpha value is -1.52. The summed E-state index contributed by atoms with van der Waals surface area (Å²) in [5.41, 5.74) is 4.14. The van der Waals surface area contributed by atoms with Crippen LogP contribution in [0.15, 0.2) is 36.4 Å². The van der Waals surface area contributed by atoms with Gasteiger partial charge in [-0.3, -0.25) is 0 Å². The van der Waals surface area contributed by atoms with Gasteiger partial charge in [0.15, 0.2) is 0 Å². The lowest BCUT2D eigenvalue weighted by Crippen LogP contribution is -2.21. The Labute approximate surface area is 175 Å². The normalized spacial score (nSPS) is 11.9. The second-order valence-electron chi connectivity index (χ2n) is 6.45. The van der Waals surface area contributed by atoms with Gasteiger partial charge in [-0.15, -0.1) is 0 Å². The fraction of sp³-hybridized carbons (Fsp3) is 0.409. The summed E-state index contributed by atoms with van der Waals surface area (Å²) in [5.74, 6) is 0.352. The number of aryl methyl sites for hydroxylation is 2. The lowest BCUT2D eigenvalue weighted by atomic mass is 9.98. The number of carbonyl (C=O) groups excluding carboxylic acids is 1. The minimum absolute atomic E-state index is 0.438. The molecular formula is C22H26BrClO3. The quantitative estimate of drug-likeness (QED) is 0.324. The lowest BCUT2D eigenvalue weighted by Gasteiger charge is -2.23. The number of halogens is 2. The van der Waals surface area contributed by atoms with E-state index in [0.717, 1.165) is 47.9 Å². The zero-order valence-electron chi connectivity index (χ0n) is 16.1. The summed E-state index contributed by atoms with van der Waals surface area (Å²) in [4.78, 5) is 12.5. The van der Waals surface area contributed by atoms with Crippen LogP contribution in [-0.4, -0.2) is 13.1 Å². The molecule has 0 radical (unpaired) electrons. The van der Waals surface area contributed by atoms with Crippen LogP contribution in [0.3, 0.4) is 0 Å². The van der Waals surface area contributed by atoms with Crippen LogP contribution in [0.25, 0.3) is 0 Å². The highest BCUT2D eigenvalue weighted by molar-refractivity contribution is 9.08. The van der Waals surface area contributed by atoms with Crippen LogP contribution in [0.5, 0.6) is 5.75 Å². The van der Waals surface area contributed by atoms with Crippen LogP contribution in [0.2, 0.25) is 5.02 Å². The Morgan fingerprint density at radius 3 is 2.22 bits per heavy atom. The number of rotatable bonds is 9. The van der Waals surface area contributed by atoms with Crippen molar-refractivity contribution in [2.45, 2.75) is 51.0 Å². The van der Waals surface area contributed by atoms with Gasteiger partial charge in [0, 0.05) is 15.9 Å².